The number of alkyl carbamates (subject to hydrolysis) is 1. The first-order valence-corrected chi connectivity index (χ1v) is 12.0. The van der Waals surface area contributed by atoms with Crippen molar-refractivity contribution >= 4 is 35.7 Å². The molecule has 0 saturated heterocycles. The van der Waals surface area contributed by atoms with Crippen molar-refractivity contribution < 1.29 is 34.1 Å². The van der Waals surface area contributed by atoms with Crippen LogP contribution in [-0.2, 0) is 19.1 Å². The number of hydrogen-bond acceptors (Lipinski definition) is 8. The molecule has 34 heavy (non-hydrogen) atoms. The van der Waals surface area contributed by atoms with Gasteiger partial charge in [0, 0.05) is 16.6 Å². The molecule has 2 saturated carbocycles. The van der Waals surface area contributed by atoms with E-state index in [1.807, 2.05) is 6.92 Å². The third-order valence-electron chi connectivity index (χ3n) is 6.84. The van der Waals surface area contributed by atoms with Crippen LogP contribution in [0, 0.1) is 23.2 Å². The average Bonchev–Trinajstić information content (AvgIpc) is 3.02. The van der Waals surface area contributed by atoms with Gasteiger partial charge in [0.2, 0.25) is 5.91 Å². The molecule has 3 rings (SSSR count). The summed E-state index contributed by atoms with van der Waals surface area (Å²) in [5, 5.41) is 33.2. The van der Waals surface area contributed by atoms with Gasteiger partial charge in [-0.3, -0.25) is 9.59 Å². The lowest BCUT2D eigenvalue weighted by Gasteiger charge is -2.42. The van der Waals surface area contributed by atoms with Crippen molar-refractivity contribution in [1.29, 1.82) is 0 Å². The highest BCUT2D eigenvalue weighted by molar-refractivity contribution is 7.99. The van der Waals surface area contributed by atoms with Crippen molar-refractivity contribution in [2.45, 2.75) is 69.0 Å². The van der Waals surface area contributed by atoms with E-state index in [0.717, 1.165) is 0 Å². The summed E-state index contributed by atoms with van der Waals surface area (Å²) in [6.45, 7) is 8.06. The maximum Gasteiger partial charge on any atom is 0.408 e. The van der Waals surface area contributed by atoms with Crippen LogP contribution in [-0.4, -0.2) is 72.3 Å². The Balaban J connectivity index is 1.94. The number of nitrogens with one attached hydrogen (secondary N) is 3. The first kappa shape index (κ1) is 25.8. The number of aromatic amines is 1. The summed E-state index contributed by atoms with van der Waals surface area (Å²) in [5.41, 5.74) is -3.80. The van der Waals surface area contributed by atoms with Gasteiger partial charge in [-0.25, -0.2) is 9.59 Å². The first-order chi connectivity index (χ1) is 15.9. The molecule has 6 atom stereocenters. The Morgan fingerprint density at radius 1 is 1.24 bits per heavy atom. The highest BCUT2D eigenvalue weighted by Crippen LogP contribution is 2.78. The molecular weight excluding hydrogens is 466 g/mol. The van der Waals surface area contributed by atoms with Crippen molar-refractivity contribution in [3.05, 3.63) is 6.33 Å². The Bertz CT molecular complexity index is 965. The lowest BCUT2D eigenvalue weighted by Crippen LogP contribution is -2.66. The molecule has 0 aliphatic heterocycles. The van der Waals surface area contributed by atoms with Crippen LogP contribution in [0.3, 0.4) is 0 Å². The highest BCUT2D eigenvalue weighted by Gasteiger charge is 2.87. The van der Waals surface area contributed by atoms with Gasteiger partial charge < -0.3 is 30.6 Å². The summed E-state index contributed by atoms with van der Waals surface area (Å²) in [6, 6.07) is 0. The number of hydrogen-bond donors (Lipinski definition) is 5. The second-order valence-corrected chi connectivity index (χ2v) is 10.8. The zero-order valence-corrected chi connectivity index (χ0v) is 20.6. The van der Waals surface area contributed by atoms with Crippen molar-refractivity contribution in [3.8, 4) is 0 Å². The van der Waals surface area contributed by atoms with Crippen molar-refractivity contribution in [3.63, 3.8) is 0 Å². The van der Waals surface area contributed by atoms with Crippen molar-refractivity contribution in [2.75, 3.05) is 6.54 Å². The highest BCUT2D eigenvalue weighted by atomic mass is 32.2. The molecule has 1 aromatic heterocycles. The molecule has 5 N–H and O–H groups in total. The standard InChI is InChI=1S/C21H31N5O7S/c1-6-10-14(34-17-23-9-24-26-17)12-13(15(28)29)20(12,7-2)21(10,16(30)31)25-11(27)8-22-18(32)33-19(3,4)5/h9-10,12-14H,6-8H2,1-5H3,(H,22,32)(H,25,27)(H,28,29)(H,30,31)(H,23,24,26)/t10?,12-,13-,14+,20-,21+/m0/s1. The number of rotatable bonds is 9. The van der Waals surface area contributed by atoms with Crippen LogP contribution in [0.4, 0.5) is 4.79 Å². The Labute approximate surface area is 201 Å². The Kier molecular flexibility index (Phi) is 6.89. The van der Waals surface area contributed by atoms with Crippen LogP contribution in [0.2, 0.25) is 0 Å². The van der Waals surface area contributed by atoms with Gasteiger partial charge >= 0.3 is 18.0 Å². The van der Waals surface area contributed by atoms with Gasteiger partial charge in [-0.15, -0.1) is 10.2 Å². The minimum Gasteiger partial charge on any atom is -0.481 e. The third kappa shape index (κ3) is 4.10. The molecule has 0 bridgehead atoms. The molecule has 188 valence electrons. The van der Waals surface area contributed by atoms with E-state index in [1.165, 1.54) is 18.1 Å². The monoisotopic (exact) mass is 497 g/mol. The fourth-order valence-corrected chi connectivity index (χ4v) is 7.42. The number of nitrogens with zero attached hydrogens (tertiary/aromatic N) is 2. The molecule has 0 radical (unpaired) electrons. The van der Waals surface area contributed by atoms with Gasteiger partial charge in [-0.2, -0.15) is 0 Å². The second-order valence-electron chi connectivity index (χ2n) is 9.64. The van der Waals surface area contributed by atoms with Crippen LogP contribution in [0.5, 0.6) is 0 Å². The minimum atomic E-state index is -1.84. The molecule has 0 spiro atoms. The normalized spacial score (nSPS) is 31.9. The minimum absolute atomic E-state index is 0.241. The Hall–Kier alpha value is -2.83. The molecule has 2 aliphatic carbocycles. The summed E-state index contributed by atoms with van der Waals surface area (Å²) >= 11 is 1.25. The molecule has 2 amide bonds. The number of carboxylic acid groups (broad SMARTS) is 2. The molecule has 1 aromatic rings. The molecule has 1 heterocycles. The molecular formula is C21H31N5O7S. The lowest BCUT2D eigenvalue weighted by atomic mass is 9.70. The predicted octanol–water partition coefficient (Wildman–Crippen LogP) is 1.50. The maximum atomic E-state index is 12.9. The lowest BCUT2D eigenvalue weighted by molar-refractivity contribution is -0.156. The van der Waals surface area contributed by atoms with Crippen molar-refractivity contribution in [1.82, 2.24) is 25.8 Å². The van der Waals surface area contributed by atoms with Gasteiger partial charge in [0.05, 0.1) is 5.92 Å². The van der Waals surface area contributed by atoms with Gasteiger partial charge in [0.25, 0.3) is 0 Å². The van der Waals surface area contributed by atoms with E-state index < -0.39 is 70.0 Å². The van der Waals surface area contributed by atoms with Crippen LogP contribution in [0.25, 0.3) is 0 Å². The fourth-order valence-electron chi connectivity index (χ4n) is 5.84. The quantitative estimate of drug-likeness (QED) is 0.335. The van der Waals surface area contributed by atoms with Crippen LogP contribution >= 0.6 is 11.8 Å². The summed E-state index contributed by atoms with van der Waals surface area (Å²) in [4.78, 5) is 52.9. The number of H-pyrrole nitrogens is 1. The predicted molar refractivity (Wildman–Crippen MR) is 120 cm³/mol. The van der Waals surface area contributed by atoms with Crippen molar-refractivity contribution in [2.24, 2.45) is 23.2 Å². The number of carbonyl (C=O) groups is 4. The van der Waals surface area contributed by atoms with Gasteiger partial charge in [-0.05, 0) is 39.5 Å². The smallest absolute Gasteiger partial charge is 0.408 e. The van der Waals surface area contributed by atoms with Gasteiger partial charge in [0.1, 0.15) is 24.0 Å². The molecule has 2 fully saturated rings. The topological polar surface area (TPSA) is 184 Å². The number of amides is 2. The van der Waals surface area contributed by atoms with E-state index in [1.54, 1.807) is 27.7 Å². The molecule has 12 nitrogen and oxygen atoms in total. The van der Waals surface area contributed by atoms with E-state index in [0.29, 0.717) is 11.6 Å². The summed E-state index contributed by atoms with van der Waals surface area (Å²) in [5.74, 6) is -5.16. The summed E-state index contributed by atoms with van der Waals surface area (Å²) in [6.07, 6.45) is 1.19. The number of carboxylic acids is 2. The summed E-state index contributed by atoms with van der Waals surface area (Å²) in [7, 11) is 0. The average molecular weight is 498 g/mol. The van der Waals surface area contributed by atoms with E-state index in [2.05, 4.69) is 25.8 Å². The number of aliphatic carboxylic acids is 2. The van der Waals surface area contributed by atoms with Gasteiger partial charge in [0.15, 0.2) is 5.16 Å². The van der Waals surface area contributed by atoms with E-state index >= 15 is 0 Å². The first-order valence-electron chi connectivity index (χ1n) is 11.1. The second kappa shape index (κ2) is 9.08. The zero-order chi connectivity index (χ0) is 25.5. The zero-order valence-electron chi connectivity index (χ0n) is 19.7. The number of carbonyl (C=O) groups excluding carboxylic acids is 2. The Morgan fingerprint density at radius 3 is 2.38 bits per heavy atom. The Morgan fingerprint density at radius 2 is 1.91 bits per heavy atom. The molecule has 1 unspecified atom stereocenters. The van der Waals surface area contributed by atoms with Crippen LogP contribution < -0.4 is 10.6 Å². The third-order valence-corrected chi connectivity index (χ3v) is 8.16. The largest absolute Gasteiger partial charge is 0.481 e. The molecule has 2 aliphatic rings. The molecule has 13 heteroatoms. The number of thioether (sulfide) groups is 1. The van der Waals surface area contributed by atoms with Crippen LogP contribution in [0.15, 0.2) is 11.5 Å². The fraction of sp³-hybridized carbons (Fsp3) is 0.714. The number of ether oxygens (including phenoxy) is 1. The van der Waals surface area contributed by atoms with E-state index in [9.17, 15) is 29.4 Å². The number of aromatic nitrogens is 3. The molecule has 0 aromatic carbocycles. The van der Waals surface area contributed by atoms with Crippen LogP contribution in [0.1, 0.15) is 47.5 Å². The van der Waals surface area contributed by atoms with Gasteiger partial charge in [-0.1, -0.05) is 25.6 Å². The van der Waals surface area contributed by atoms with E-state index in [4.69, 9.17) is 4.74 Å². The summed E-state index contributed by atoms with van der Waals surface area (Å²) < 4.78 is 5.12. The maximum absolute atomic E-state index is 12.9. The van der Waals surface area contributed by atoms with E-state index in [-0.39, 0.29) is 6.42 Å². The SMILES string of the molecule is CCC1[C@@H](Sc2nnc[nH]2)[C@@H]2[C@@H](C(=O)O)[C@@]2(CC)[C@]1(NC(=O)CNC(=O)OC(C)(C)C)C(=O)O. The number of fused-ring (bicyclic) bond motifs is 1.